The summed E-state index contributed by atoms with van der Waals surface area (Å²) in [6, 6.07) is 5.46. The summed E-state index contributed by atoms with van der Waals surface area (Å²) >= 11 is 0. The molecule has 1 aliphatic carbocycles. The number of hydrogen-bond acceptors (Lipinski definition) is 3. The monoisotopic (exact) mass is 395 g/mol. The van der Waals surface area contributed by atoms with Gasteiger partial charge in [-0.25, -0.2) is 9.18 Å². The predicted octanol–water partition coefficient (Wildman–Crippen LogP) is 3.48. The highest BCUT2D eigenvalue weighted by atomic mass is 19.1. The van der Waals surface area contributed by atoms with Gasteiger partial charge in [0, 0.05) is 59.8 Å². The summed E-state index contributed by atoms with van der Waals surface area (Å²) in [5, 5.41) is 9.50. The van der Waals surface area contributed by atoms with Crippen molar-refractivity contribution >= 4 is 16.9 Å². The highest BCUT2D eigenvalue weighted by Crippen LogP contribution is 2.38. The van der Waals surface area contributed by atoms with E-state index in [1.807, 2.05) is 16.8 Å². The van der Waals surface area contributed by atoms with E-state index in [0.717, 1.165) is 37.2 Å². The van der Waals surface area contributed by atoms with Crippen LogP contribution in [-0.2, 0) is 13.1 Å². The third kappa shape index (κ3) is 2.88. The molecule has 3 heterocycles. The van der Waals surface area contributed by atoms with Crippen LogP contribution in [0.3, 0.4) is 0 Å². The number of benzene rings is 1. The molecule has 7 heteroatoms. The summed E-state index contributed by atoms with van der Waals surface area (Å²) in [4.78, 5) is 26.4. The molecule has 2 aliphatic rings. The standard InChI is InChI=1S/C22H22FN3O3/c1-12-8-25-9-13(5-15(25)10-24(12)2)16-7-20-17(6-19(16)23)21(27)18(22(28)29)11-26(20)14-3-4-14/h5-7,9,11-12,14H,3-4,8,10H2,1-2H3,(H,28,29)/t12-/m0/s1. The van der Waals surface area contributed by atoms with Crippen molar-refractivity contribution < 1.29 is 14.3 Å². The largest absolute Gasteiger partial charge is 0.477 e. The molecule has 1 atom stereocenters. The highest BCUT2D eigenvalue weighted by molar-refractivity contribution is 5.94. The van der Waals surface area contributed by atoms with Crippen LogP contribution >= 0.6 is 0 Å². The van der Waals surface area contributed by atoms with Crippen molar-refractivity contribution in [3.05, 3.63) is 57.9 Å². The lowest BCUT2D eigenvalue weighted by atomic mass is 10.0. The topological polar surface area (TPSA) is 67.5 Å². The fourth-order valence-electron chi connectivity index (χ4n) is 4.24. The van der Waals surface area contributed by atoms with Crippen LogP contribution in [0.15, 0.2) is 35.4 Å². The van der Waals surface area contributed by atoms with Gasteiger partial charge in [-0.3, -0.25) is 9.69 Å². The van der Waals surface area contributed by atoms with E-state index < -0.39 is 17.2 Å². The first-order chi connectivity index (χ1) is 13.8. The number of carbonyl (C=O) groups is 1. The molecule has 29 heavy (non-hydrogen) atoms. The molecule has 0 bridgehead atoms. The lowest BCUT2D eigenvalue weighted by molar-refractivity contribution is 0.0695. The summed E-state index contributed by atoms with van der Waals surface area (Å²) in [7, 11) is 2.08. The Morgan fingerprint density at radius 2 is 1.97 bits per heavy atom. The number of fused-ring (bicyclic) bond motifs is 2. The maximum absolute atomic E-state index is 15.1. The van der Waals surface area contributed by atoms with Gasteiger partial charge in [0.1, 0.15) is 11.4 Å². The molecule has 1 saturated carbocycles. The predicted molar refractivity (Wildman–Crippen MR) is 108 cm³/mol. The van der Waals surface area contributed by atoms with Crippen molar-refractivity contribution in [2.24, 2.45) is 0 Å². The Morgan fingerprint density at radius 1 is 1.21 bits per heavy atom. The molecule has 0 spiro atoms. The molecule has 1 aromatic carbocycles. The molecular weight excluding hydrogens is 373 g/mol. The number of halogens is 1. The number of hydrogen-bond donors (Lipinski definition) is 1. The van der Waals surface area contributed by atoms with Crippen LogP contribution < -0.4 is 5.43 Å². The van der Waals surface area contributed by atoms with Gasteiger partial charge < -0.3 is 14.2 Å². The Hall–Kier alpha value is -2.93. The van der Waals surface area contributed by atoms with Gasteiger partial charge in [-0.2, -0.15) is 0 Å². The molecule has 150 valence electrons. The van der Waals surface area contributed by atoms with E-state index in [-0.39, 0.29) is 17.0 Å². The maximum Gasteiger partial charge on any atom is 0.341 e. The van der Waals surface area contributed by atoms with Gasteiger partial charge in [-0.05, 0) is 45.0 Å². The van der Waals surface area contributed by atoms with Gasteiger partial charge in [0.25, 0.3) is 0 Å². The minimum atomic E-state index is -1.28. The number of likely N-dealkylation sites (N-methyl/N-ethyl adjacent to an activating group) is 1. The Labute approximate surface area is 166 Å². The zero-order chi connectivity index (χ0) is 20.4. The molecule has 0 amide bonds. The van der Waals surface area contributed by atoms with E-state index in [9.17, 15) is 14.7 Å². The minimum Gasteiger partial charge on any atom is -0.477 e. The van der Waals surface area contributed by atoms with Crippen LogP contribution in [0.4, 0.5) is 4.39 Å². The van der Waals surface area contributed by atoms with E-state index in [1.54, 1.807) is 6.07 Å². The summed E-state index contributed by atoms with van der Waals surface area (Å²) in [5.41, 5.74) is 1.98. The van der Waals surface area contributed by atoms with Crippen LogP contribution in [0.25, 0.3) is 22.0 Å². The summed E-state index contributed by atoms with van der Waals surface area (Å²) < 4.78 is 19.1. The Kier molecular flexibility index (Phi) is 3.93. The smallest absolute Gasteiger partial charge is 0.341 e. The van der Waals surface area contributed by atoms with Crippen LogP contribution in [-0.4, -0.2) is 38.2 Å². The van der Waals surface area contributed by atoms with Crippen LogP contribution in [0.1, 0.15) is 41.9 Å². The number of rotatable bonds is 3. The molecule has 0 radical (unpaired) electrons. The molecule has 0 unspecified atom stereocenters. The van der Waals surface area contributed by atoms with Crippen molar-refractivity contribution in [3.8, 4) is 11.1 Å². The van der Waals surface area contributed by atoms with Gasteiger partial charge in [-0.15, -0.1) is 0 Å². The first-order valence-corrected chi connectivity index (χ1v) is 9.85. The second-order valence-corrected chi connectivity index (χ2v) is 8.30. The molecule has 3 aromatic rings. The van der Waals surface area contributed by atoms with Crippen molar-refractivity contribution in [3.63, 3.8) is 0 Å². The average molecular weight is 395 g/mol. The Morgan fingerprint density at radius 3 is 2.66 bits per heavy atom. The van der Waals surface area contributed by atoms with Crippen LogP contribution in [0.5, 0.6) is 0 Å². The molecule has 1 fully saturated rings. The normalized spacial score (nSPS) is 19.5. The van der Waals surface area contributed by atoms with E-state index >= 15 is 4.39 Å². The lowest BCUT2D eigenvalue weighted by Gasteiger charge is -2.31. The molecule has 5 rings (SSSR count). The number of nitrogens with zero attached hydrogens (tertiary/aromatic N) is 3. The minimum absolute atomic E-state index is 0.121. The second kappa shape index (κ2) is 6.29. The molecule has 1 N–H and O–H groups in total. The average Bonchev–Trinajstić information content (AvgIpc) is 3.43. The number of carboxylic acid groups (broad SMARTS) is 1. The van der Waals surface area contributed by atoms with Gasteiger partial charge in [0.05, 0.1) is 5.52 Å². The van der Waals surface area contributed by atoms with E-state index in [2.05, 4.69) is 23.4 Å². The zero-order valence-corrected chi connectivity index (χ0v) is 16.4. The van der Waals surface area contributed by atoms with Crippen LogP contribution in [0, 0.1) is 5.82 Å². The second-order valence-electron chi connectivity index (χ2n) is 8.30. The molecular formula is C22H22FN3O3. The Balaban J connectivity index is 1.71. The maximum atomic E-state index is 15.1. The van der Waals surface area contributed by atoms with Crippen molar-refractivity contribution in [2.45, 2.75) is 44.9 Å². The van der Waals surface area contributed by atoms with Crippen molar-refractivity contribution in [2.75, 3.05) is 7.05 Å². The third-order valence-electron chi connectivity index (χ3n) is 6.21. The fourth-order valence-corrected chi connectivity index (χ4v) is 4.24. The molecule has 2 aromatic heterocycles. The van der Waals surface area contributed by atoms with Crippen molar-refractivity contribution in [1.82, 2.24) is 14.0 Å². The first-order valence-electron chi connectivity index (χ1n) is 9.85. The summed E-state index contributed by atoms with van der Waals surface area (Å²) in [6.07, 6.45) is 5.23. The summed E-state index contributed by atoms with van der Waals surface area (Å²) in [6.45, 7) is 3.80. The fraction of sp³-hybridized carbons (Fsp3) is 0.364. The van der Waals surface area contributed by atoms with E-state index in [4.69, 9.17) is 0 Å². The zero-order valence-electron chi connectivity index (χ0n) is 16.4. The first kappa shape index (κ1) is 18.1. The third-order valence-corrected chi connectivity index (χ3v) is 6.21. The number of aromatic carboxylic acids is 1. The highest BCUT2D eigenvalue weighted by Gasteiger charge is 2.28. The van der Waals surface area contributed by atoms with Gasteiger partial charge in [0.15, 0.2) is 0 Å². The van der Waals surface area contributed by atoms with E-state index in [1.165, 1.54) is 12.3 Å². The van der Waals surface area contributed by atoms with Crippen molar-refractivity contribution in [1.29, 1.82) is 0 Å². The Bertz CT molecular complexity index is 1190. The quantitative estimate of drug-likeness (QED) is 0.737. The number of aromatic nitrogens is 2. The summed E-state index contributed by atoms with van der Waals surface area (Å²) in [5.74, 6) is -1.79. The lowest BCUT2D eigenvalue weighted by Crippen LogP contribution is -2.37. The van der Waals surface area contributed by atoms with Crippen LogP contribution in [0.2, 0.25) is 0 Å². The number of carboxylic acids is 1. The molecule has 0 saturated heterocycles. The number of pyridine rings is 1. The molecule has 1 aliphatic heterocycles. The van der Waals surface area contributed by atoms with E-state index in [0.29, 0.717) is 17.1 Å². The van der Waals surface area contributed by atoms with Gasteiger partial charge in [0.2, 0.25) is 5.43 Å². The SMILES string of the molecule is C[C@H]1Cn2cc(-c3cc4c(cc3F)c(=O)c(C(=O)O)cn4C3CC3)cc2CN1C. The van der Waals surface area contributed by atoms with Gasteiger partial charge >= 0.3 is 5.97 Å². The van der Waals surface area contributed by atoms with Gasteiger partial charge in [-0.1, -0.05) is 0 Å². The molecule has 6 nitrogen and oxygen atoms in total.